The van der Waals surface area contributed by atoms with Crippen molar-refractivity contribution in [1.29, 1.82) is 0 Å². The summed E-state index contributed by atoms with van der Waals surface area (Å²) < 4.78 is 21.3. The summed E-state index contributed by atoms with van der Waals surface area (Å²) in [6, 6.07) is 4.88. The standard InChI is InChI=1S/C18H20FN5O/c1-4-7-25-16-6-5-13(8-15(16)19)17-12(2)9-20-18(23-17)22-14-10-21-24(3)11-14/h5-6,8-11H,4,7H2,1-3H3,(H,20,22,23). The number of anilines is 2. The molecule has 0 aliphatic rings. The smallest absolute Gasteiger partial charge is 0.227 e. The van der Waals surface area contributed by atoms with Gasteiger partial charge in [-0.2, -0.15) is 5.10 Å². The lowest BCUT2D eigenvalue weighted by molar-refractivity contribution is 0.301. The molecule has 0 saturated carbocycles. The third-order valence-corrected chi connectivity index (χ3v) is 3.60. The van der Waals surface area contributed by atoms with Crippen molar-refractivity contribution >= 4 is 11.6 Å². The van der Waals surface area contributed by atoms with Gasteiger partial charge in [-0.05, 0) is 37.1 Å². The zero-order valence-electron chi connectivity index (χ0n) is 14.5. The van der Waals surface area contributed by atoms with E-state index in [0.717, 1.165) is 17.7 Å². The highest BCUT2D eigenvalue weighted by Gasteiger charge is 2.11. The molecule has 0 amide bonds. The van der Waals surface area contributed by atoms with Crippen molar-refractivity contribution in [2.24, 2.45) is 7.05 Å². The lowest BCUT2D eigenvalue weighted by atomic mass is 10.1. The molecule has 3 aromatic rings. The number of halogens is 1. The van der Waals surface area contributed by atoms with Crippen LogP contribution in [0.25, 0.3) is 11.3 Å². The molecule has 0 bridgehead atoms. The van der Waals surface area contributed by atoms with Crippen LogP contribution in [0, 0.1) is 12.7 Å². The Balaban J connectivity index is 1.88. The second kappa shape index (κ2) is 7.29. The van der Waals surface area contributed by atoms with E-state index in [1.54, 1.807) is 29.2 Å². The number of rotatable bonds is 6. The summed E-state index contributed by atoms with van der Waals surface area (Å²) >= 11 is 0. The van der Waals surface area contributed by atoms with Crippen LogP contribution in [-0.4, -0.2) is 26.4 Å². The van der Waals surface area contributed by atoms with Crippen LogP contribution in [0.5, 0.6) is 5.75 Å². The van der Waals surface area contributed by atoms with Crippen LogP contribution in [-0.2, 0) is 7.05 Å². The maximum absolute atomic E-state index is 14.2. The number of benzene rings is 1. The molecule has 0 fully saturated rings. The van der Waals surface area contributed by atoms with Gasteiger partial charge in [-0.3, -0.25) is 4.68 Å². The number of ether oxygens (including phenoxy) is 1. The molecule has 0 aliphatic carbocycles. The Morgan fingerprint density at radius 1 is 1.28 bits per heavy atom. The van der Waals surface area contributed by atoms with Crippen LogP contribution in [0.2, 0.25) is 0 Å². The molecule has 0 spiro atoms. The maximum atomic E-state index is 14.2. The first-order valence-corrected chi connectivity index (χ1v) is 8.09. The van der Waals surface area contributed by atoms with Gasteiger partial charge < -0.3 is 10.1 Å². The van der Waals surface area contributed by atoms with E-state index in [9.17, 15) is 4.39 Å². The van der Waals surface area contributed by atoms with Crippen molar-refractivity contribution in [3.8, 4) is 17.0 Å². The molecule has 7 heteroatoms. The molecule has 1 N–H and O–H groups in total. The van der Waals surface area contributed by atoms with Gasteiger partial charge in [-0.1, -0.05) is 6.92 Å². The second-order valence-electron chi connectivity index (χ2n) is 5.75. The van der Waals surface area contributed by atoms with Crippen molar-refractivity contribution in [3.63, 3.8) is 0 Å². The largest absolute Gasteiger partial charge is 0.491 e. The van der Waals surface area contributed by atoms with Gasteiger partial charge in [0.25, 0.3) is 0 Å². The van der Waals surface area contributed by atoms with E-state index < -0.39 is 5.82 Å². The third-order valence-electron chi connectivity index (χ3n) is 3.60. The van der Waals surface area contributed by atoms with Crippen LogP contribution in [0.1, 0.15) is 18.9 Å². The van der Waals surface area contributed by atoms with Gasteiger partial charge >= 0.3 is 0 Å². The van der Waals surface area contributed by atoms with Gasteiger partial charge in [0.1, 0.15) is 0 Å². The Morgan fingerprint density at radius 3 is 2.80 bits per heavy atom. The maximum Gasteiger partial charge on any atom is 0.227 e. The van der Waals surface area contributed by atoms with Crippen molar-refractivity contribution in [2.75, 3.05) is 11.9 Å². The zero-order valence-corrected chi connectivity index (χ0v) is 14.5. The zero-order chi connectivity index (χ0) is 17.8. The summed E-state index contributed by atoms with van der Waals surface area (Å²) in [5.41, 5.74) is 2.99. The van der Waals surface area contributed by atoms with Crippen molar-refractivity contribution in [3.05, 3.63) is 48.2 Å². The van der Waals surface area contributed by atoms with Gasteiger partial charge in [0.15, 0.2) is 11.6 Å². The summed E-state index contributed by atoms with van der Waals surface area (Å²) in [5, 5.41) is 7.18. The van der Waals surface area contributed by atoms with Gasteiger partial charge in [-0.25, -0.2) is 14.4 Å². The van der Waals surface area contributed by atoms with Crippen molar-refractivity contribution in [1.82, 2.24) is 19.7 Å². The molecule has 2 aromatic heterocycles. The molecule has 0 unspecified atom stereocenters. The van der Waals surface area contributed by atoms with E-state index in [1.165, 1.54) is 6.07 Å². The Bertz CT molecular complexity index is 878. The lowest BCUT2D eigenvalue weighted by Crippen LogP contribution is -2.01. The summed E-state index contributed by atoms with van der Waals surface area (Å²) in [4.78, 5) is 8.79. The van der Waals surface area contributed by atoms with Crippen LogP contribution in [0.15, 0.2) is 36.8 Å². The number of hydrogen-bond acceptors (Lipinski definition) is 5. The molecular formula is C18H20FN5O. The van der Waals surface area contributed by atoms with Crippen LogP contribution in [0.4, 0.5) is 16.0 Å². The lowest BCUT2D eigenvalue weighted by Gasteiger charge is -2.10. The summed E-state index contributed by atoms with van der Waals surface area (Å²) in [5.74, 6) is 0.289. The quantitative estimate of drug-likeness (QED) is 0.737. The molecule has 25 heavy (non-hydrogen) atoms. The Labute approximate surface area is 145 Å². The van der Waals surface area contributed by atoms with Crippen LogP contribution < -0.4 is 10.1 Å². The fourth-order valence-corrected chi connectivity index (χ4v) is 2.39. The fourth-order valence-electron chi connectivity index (χ4n) is 2.39. The normalized spacial score (nSPS) is 10.7. The average Bonchev–Trinajstić information content (AvgIpc) is 3.00. The highest BCUT2D eigenvalue weighted by molar-refractivity contribution is 5.65. The first-order chi connectivity index (χ1) is 12.1. The minimum Gasteiger partial charge on any atom is -0.491 e. The van der Waals surface area contributed by atoms with E-state index in [4.69, 9.17) is 4.74 Å². The molecule has 6 nitrogen and oxygen atoms in total. The molecule has 1 aromatic carbocycles. The Hall–Kier alpha value is -2.96. The van der Waals surface area contributed by atoms with E-state index in [-0.39, 0.29) is 5.75 Å². The fraction of sp³-hybridized carbons (Fsp3) is 0.278. The Kier molecular flexibility index (Phi) is 4.92. The van der Waals surface area contributed by atoms with E-state index in [1.807, 2.05) is 27.1 Å². The van der Waals surface area contributed by atoms with E-state index in [2.05, 4.69) is 20.4 Å². The highest BCUT2D eigenvalue weighted by atomic mass is 19.1. The SMILES string of the molecule is CCCOc1ccc(-c2nc(Nc3cnn(C)c3)ncc2C)cc1F. The topological polar surface area (TPSA) is 64.9 Å². The van der Waals surface area contributed by atoms with E-state index >= 15 is 0 Å². The Morgan fingerprint density at radius 2 is 2.12 bits per heavy atom. The molecule has 0 saturated heterocycles. The summed E-state index contributed by atoms with van der Waals surface area (Å²) in [7, 11) is 1.83. The molecule has 0 radical (unpaired) electrons. The number of hydrogen-bond donors (Lipinski definition) is 1. The molecule has 0 aliphatic heterocycles. The van der Waals surface area contributed by atoms with Crippen LogP contribution in [0.3, 0.4) is 0 Å². The van der Waals surface area contributed by atoms with Crippen LogP contribution >= 0.6 is 0 Å². The van der Waals surface area contributed by atoms with E-state index in [0.29, 0.717) is 23.8 Å². The monoisotopic (exact) mass is 341 g/mol. The number of nitrogens with one attached hydrogen (secondary N) is 1. The minimum absolute atomic E-state index is 0.256. The molecule has 130 valence electrons. The van der Waals surface area contributed by atoms with Gasteiger partial charge in [0.05, 0.1) is 24.2 Å². The molecule has 3 rings (SSSR count). The molecular weight excluding hydrogens is 321 g/mol. The van der Waals surface area contributed by atoms with Crippen molar-refractivity contribution < 1.29 is 9.13 Å². The first kappa shape index (κ1) is 16.9. The predicted octanol–water partition coefficient (Wildman–Crippen LogP) is 3.86. The highest BCUT2D eigenvalue weighted by Crippen LogP contribution is 2.27. The molecule has 0 atom stereocenters. The first-order valence-electron chi connectivity index (χ1n) is 8.09. The second-order valence-corrected chi connectivity index (χ2v) is 5.75. The van der Waals surface area contributed by atoms with Gasteiger partial charge in [0, 0.05) is 25.0 Å². The predicted molar refractivity (Wildman–Crippen MR) is 94.4 cm³/mol. The third kappa shape index (κ3) is 3.93. The van der Waals surface area contributed by atoms with Gasteiger partial charge in [0.2, 0.25) is 5.95 Å². The minimum atomic E-state index is -0.397. The summed E-state index contributed by atoms with van der Waals surface area (Å²) in [6.45, 7) is 4.36. The van der Waals surface area contributed by atoms with Gasteiger partial charge in [-0.15, -0.1) is 0 Å². The average molecular weight is 341 g/mol. The number of nitrogens with zero attached hydrogens (tertiary/aromatic N) is 4. The number of aryl methyl sites for hydroxylation is 2. The number of aromatic nitrogens is 4. The summed E-state index contributed by atoms with van der Waals surface area (Å²) in [6.07, 6.45) is 6.04. The molecule has 2 heterocycles. The van der Waals surface area contributed by atoms with Crippen molar-refractivity contribution in [2.45, 2.75) is 20.3 Å².